The van der Waals surface area contributed by atoms with Crippen LogP contribution in [0.1, 0.15) is 13.8 Å². The van der Waals surface area contributed by atoms with Crippen molar-refractivity contribution in [3.05, 3.63) is 12.2 Å². The Labute approximate surface area is 66.7 Å². The van der Waals surface area contributed by atoms with E-state index in [1.165, 1.54) is 0 Å². The molecular weight excluding hydrogens is 99.0 g/mol. The molecule has 0 aromatic heterocycles. The van der Waals surface area contributed by atoms with Gasteiger partial charge in [0.2, 0.25) is 0 Å². The molecule has 0 fully saturated rings. The van der Waals surface area contributed by atoms with E-state index < -0.39 is 6.10 Å². The normalized spacial score (nSPS) is 13.6. The molecule has 0 heterocycles. The van der Waals surface area contributed by atoms with Crippen molar-refractivity contribution in [1.29, 1.82) is 0 Å². The van der Waals surface area contributed by atoms with E-state index in [1.807, 2.05) is 6.92 Å². The third-order valence-corrected chi connectivity index (χ3v) is 0.463. The Morgan fingerprint density at radius 2 is 2.00 bits per heavy atom. The SMILES string of the molecule is CC=CC(C)[O-].[Na+]. The first-order valence-corrected chi connectivity index (χ1v) is 2.06. The number of rotatable bonds is 1. The van der Waals surface area contributed by atoms with E-state index in [0.717, 1.165) is 0 Å². The molecule has 36 valence electrons. The van der Waals surface area contributed by atoms with Crippen LogP contribution in [-0.2, 0) is 0 Å². The Morgan fingerprint density at radius 3 is 2.00 bits per heavy atom. The molecule has 0 aromatic carbocycles. The Hall–Kier alpha value is 0.700. The summed E-state index contributed by atoms with van der Waals surface area (Å²) in [5.41, 5.74) is 0. The first-order valence-electron chi connectivity index (χ1n) is 2.06. The van der Waals surface area contributed by atoms with Crippen molar-refractivity contribution in [3.8, 4) is 0 Å². The predicted octanol–water partition coefficient (Wildman–Crippen LogP) is -2.68. The molecule has 0 saturated heterocycles. The fourth-order valence-corrected chi connectivity index (χ4v) is 0.271. The van der Waals surface area contributed by atoms with Gasteiger partial charge in [0.15, 0.2) is 0 Å². The van der Waals surface area contributed by atoms with Gasteiger partial charge in [0.25, 0.3) is 0 Å². The molecule has 2 heteroatoms. The van der Waals surface area contributed by atoms with Crippen LogP contribution in [0.5, 0.6) is 0 Å². The van der Waals surface area contributed by atoms with Gasteiger partial charge in [0.05, 0.1) is 0 Å². The second-order valence-corrected chi connectivity index (χ2v) is 1.23. The van der Waals surface area contributed by atoms with Crippen LogP contribution in [-0.4, -0.2) is 6.10 Å². The van der Waals surface area contributed by atoms with Crippen LogP contribution in [0.2, 0.25) is 0 Å². The monoisotopic (exact) mass is 108 g/mol. The van der Waals surface area contributed by atoms with E-state index in [4.69, 9.17) is 0 Å². The Bertz CT molecular complexity index is 50.0. The zero-order valence-electron chi connectivity index (χ0n) is 5.14. The molecule has 0 amide bonds. The van der Waals surface area contributed by atoms with Crippen LogP contribution in [0.15, 0.2) is 12.2 Å². The zero-order valence-corrected chi connectivity index (χ0v) is 7.14. The summed E-state index contributed by atoms with van der Waals surface area (Å²) in [7, 11) is 0. The molecular formula is C5H9NaO. The molecule has 0 bridgehead atoms. The minimum Gasteiger partial charge on any atom is -0.849 e. The number of hydrogen-bond acceptors (Lipinski definition) is 1. The van der Waals surface area contributed by atoms with E-state index >= 15 is 0 Å². The topological polar surface area (TPSA) is 23.1 Å². The molecule has 0 spiro atoms. The fraction of sp³-hybridized carbons (Fsp3) is 0.600. The number of hydrogen-bond donors (Lipinski definition) is 0. The van der Waals surface area contributed by atoms with E-state index in [1.54, 1.807) is 19.1 Å². The van der Waals surface area contributed by atoms with E-state index in [9.17, 15) is 5.11 Å². The maximum Gasteiger partial charge on any atom is 1.00 e. The summed E-state index contributed by atoms with van der Waals surface area (Å²) in [6, 6.07) is 0. The maximum absolute atomic E-state index is 10.0. The molecule has 1 nitrogen and oxygen atoms in total. The van der Waals surface area contributed by atoms with Gasteiger partial charge in [-0.2, -0.15) is 0 Å². The summed E-state index contributed by atoms with van der Waals surface area (Å²) in [6.07, 6.45) is 2.84. The molecule has 0 aromatic rings. The molecule has 0 rings (SSSR count). The summed E-state index contributed by atoms with van der Waals surface area (Å²) < 4.78 is 0. The Kier molecular flexibility index (Phi) is 10.2. The van der Waals surface area contributed by atoms with Gasteiger partial charge in [-0.3, -0.25) is 0 Å². The summed E-state index contributed by atoms with van der Waals surface area (Å²) in [5, 5.41) is 10.0. The summed E-state index contributed by atoms with van der Waals surface area (Å²) in [6.45, 7) is 3.45. The van der Waals surface area contributed by atoms with Gasteiger partial charge in [-0.1, -0.05) is 13.0 Å². The predicted molar refractivity (Wildman–Crippen MR) is 24.3 cm³/mol. The minimum atomic E-state index is -0.532. The molecule has 0 aliphatic carbocycles. The van der Waals surface area contributed by atoms with Crippen molar-refractivity contribution >= 4 is 0 Å². The summed E-state index contributed by atoms with van der Waals surface area (Å²) in [5.74, 6) is 0. The fourth-order valence-electron chi connectivity index (χ4n) is 0.271. The largest absolute Gasteiger partial charge is 1.00 e. The Morgan fingerprint density at radius 1 is 1.57 bits per heavy atom. The third kappa shape index (κ3) is 10.8. The van der Waals surface area contributed by atoms with Crippen molar-refractivity contribution in [1.82, 2.24) is 0 Å². The summed E-state index contributed by atoms with van der Waals surface area (Å²) in [4.78, 5) is 0. The second-order valence-electron chi connectivity index (χ2n) is 1.23. The van der Waals surface area contributed by atoms with Gasteiger partial charge >= 0.3 is 29.6 Å². The number of allylic oxidation sites excluding steroid dienone is 1. The van der Waals surface area contributed by atoms with Crippen LogP contribution in [0, 0.1) is 0 Å². The smallest absolute Gasteiger partial charge is 0.849 e. The molecule has 0 N–H and O–H groups in total. The summed E-state index contributed by atoms with van der Waals surface area (Å²) >= 11 is 0. The van der Waals surface area contributed by atoms with Gasteiger partial charge in [-0.15, -0.1) is 12.2 Å². The molecule has 1 unspecified atom stereocenters. The van der Waals surface area contributed by atoms with Gasteiger partial charge in [-0.05, 0) is 6.92 Å². The molecule has 0 aliphatic heterocycles. The average Bonchev–Trinajstić information content (AvgIpc) is 1.35. The quantitative estimate of drug-likeness (QED) is 0.265. The van der Waals surface area contributed by atoms with Gasteiger partial charge in [-0.25, -0.2) is 0 Å². The molecule has 0 radical (unpaired) electrons. The maximum atomic E-state index is 10.0. The van der Waals surface area contributed by atoms with Gasteiger partial charge in [0.1, 0.15) is 0 Å². The van der Waals surface area contributed by atoms with Crippen LogP contribution in [0.3, 0.4) is 0 Å². The van der Waals surface area contributed by atoms with Crippen molar-refractivity contribution < 1.29 is 34.7 Å². The molecule has 0 aliphatic rings. The first-order chi connectivity index (χ1) is 2.77. The van der Waals surface area contributed by atoms with E-state index in [2.05, 4.69) is 0 Å². The standard InChI is InChI=1S/C5H9O.Na/c1-3-4-5(2)6;/h3-5H,1-2H3;/q-1;+1. The molecule has 0 saturated carbocycles. The van der Waals surface area contributed by atoms with E-state index in [-0.39, 0.29) is 29.6 Å². The molecule has 1 atom stereocenters. The second kappa shape index (κ2) is 6.70. The van der Waals surface area contributed by atoms with Crippen molar-refractivity contribution in [2.45, 2.75) is 20.0 Å². The van der Waals surface area contributed by atoms with Gasteiger partial charge in [0, 0.05) is 0 Å². The van der Waals surface area contributed by atoms with Crippen LogP contribution >= 0.6 is 0 Å². The first kappa shape index (κ1) is 10.6. The van der Waals surface area contributed by atoms with Crippen molar-refractivity contribution in [2.75, 3.05) is 0 Å². The third-order valence-electron chi connectivity index (χ3n) is 0.463. The van der Waals surface area contributed by atoms with E-state index in [0.29, 0.717) is 0 Å². The zero-order chi connectivity index (χ0) is 4.99. The van der Waals surface area contributed by atoms with Crippen LogP contribution < -0.4 is 34.7 Å². The van der Waals surface area contributed by atoms with Crippen LogP contribution in [0.25, 0.3) is 0 Å². The van der Waals surface area contributed by atoms with Crippen molar-refractivity contribution in [3.63, 3.8) is 0 Å². The Balaban J connectivity index is 0. The minimum absolute atomic E-state index is 0. The van der Waals surface area contributed by atoms with Gasteiger partial charge < -0.3 is 5.11 Å². The van der Waals surface area contributed by atoms with Crippen LogP contribution in [0.4, 0.5) is 0 Å². The van der Waals surface area contributed by atoms with Crippen molar-refractivity contribution in [2.24, 2.45) is 0 Å². The average molecular weight is 108 g/mol. The molecule has 7 heavy (non-hydrogen) atoms.